The zero-order valence-electron chi connectivity index (χ0n) is 11.7. The van der Waals surface area contributed by atoms with Crippen molar-refractivity contribution in [1.29, 1.82) is 0 Å². The van der Waals surface area contributed by atoms with E-state index in [1.54, 1.807) is 0 Å². The second-order valence-electron chi connectivity index (χ2n) is 4.99. The van der Waals surface area contributed by atoms with E-state index in [4.69, 9.17) is 0 Å². The van der Waals surface area contributed by atoms with Gasteiger partial charge in [-0.2, -0.15) is 5.10 Å². The first-order valence-electron chi connectivity index (χ1n) is 6.87. The molecule has 1 heterocycles. The zero-order chi connectivity index (χ0) is 12.7. The standard InChI is InChI=1S/C14H27N3/c1-5-12(3)11-13(15-6-2)7-8-14-9-10-16-17(14)4/h9-10,12-13,15H,5-8,11H2,1-4H3. The van der Waals surface area contributed by atoms with Crippen LogP contribution in [0.5, 0.6) is 0 Å². The number of aryl methyl sites for hydroxylation is 2. The monoisotopic (exact) mass is 237 g/mol. The van der Waals surface area contributed by atoms with Crippen LogP contribution in [0.15, 0.2) is 12.3 Å². The first-order chi connectivity index (χ1) is 8.17. The summed E-state index contributed by atoms with van der Waals surface area (Å²) < 4.78 is 1.98. The van der Waals surface area contributed by atoms with Crippen molar-refractivity contribution >= 4 is 0 Å². The highest BCUT2D eigenvalue weighted by Crippen LogP contribution is 2.14. The number of hydrogen-bond donors (Lipinski definition) is 1. The van der Waals surface area contributed by atoms with Gasteiger partial charge in [-0.1, -0.05) is 27.2 Å². The molecule has 0 saturated heterocycles. The lowest BCUT2D eigenvalue weighted by molar-refractivity contribution is 0.380. The first kappa shape index (κ1) is 14.2. The van der Waals surface area contributed by atoms with Crippen molar-refractivity contribution in [1.82, 2.24) is 15.1 Å². The van der Waals surface area contributed by atoms with Crippen molar-refractivity contribution in [3.8, 4) is 0 Å². The summed E-state index contributed by atoms with van der Waals surface area (Å²) in [5, 5.41) is 7.81. The van der Waals surface area contributed by atoms with Crippen LogP contribution in [-0.2, 0) is 13.5 Å². The average Bonchev–Trinajstić information content (AvgIpc) is 2.72. The minimum Gasteiger partial charge on any atom is -0.314 e. The van der Waals surface area contributed by atoms with Crippen LogP contribution in [0.25, 0.3) is 0 Å². The molecule has 1 rings (SSSR count). The third-order valence-corrected chi connectivity index (χ3v) is 3.55. The van der Waals surface area contributed by atoms with Gasteiger partial charge in [0.1, 0.15) is 0 Å². The molecule has 0 aromatic carbocycles. The minimum absolute atomic E-state index is 0.643. The fourth-order valence-electron chi connectivity index (χ4n) is 2.21. The van der Waals surface area contributed by atoms with Crippen LogP contribution in [0.2, 0.25) is 0 Å². The molecule has 0 spiro atoms. The van der Waals surface area contributed by atoms with Gasteiger partial charge >= 0.3 is 0 Å². The summed E-state index contributed by atoms with van der Waals surface area (Å²) in [7, 11) is 2.02. The van der Waals surface area contributed by atoms with Crippen molar-refractivity contribution in [3.05, 3.63) is 18.0 Å². The molecule has 0 bridgehead atoms. The fraction of sp³-hybridized carbons (Fsp3) is 0.786. The normalized spacial score (nSPS) is 14.8. The number of rotatable bonds is 8. The van der Waals surface area contributed by atoms with Gasteiger partial charge in [-0.05, 0) is 37.8 Å². The van der Waals surface area contributed by atoms with E-state index < -0.39 is 0 Å². The predicted octanol–water partition coefficient (Wildman–Crippen LogP) is 2.77. The molecule has 0 saturated carbocycles. The SMILES string of the molecule is CCNC(CCc1ccnn1C)CC(C)CC. The van der Waals surface area contributed by atoms with Crippen LogP contribution in [-0.4, -0.2) is 22.4 Å². The van der Waals surface area contributed by atoms with Crippen LogP contribution < -0.4 is 5.32 Å². The largest absolute Gasteiger partial charge is 0.314 e. The number of aromatic nitrogens is 2. The minimum atomic E-state index is 0.643. The molecule has 0 radical (unpaired) electrons. The van der Waals surface area contributed by atoms with Gasteiger partial charge in [0.25, 0.3) is 0 Å². The average molecular weight is 237 g/mol. The van der Waals surface area contributed by atoms with Gasteiger partial charge in [0.15, 0.2) is 0 Å². The van der Waals surface area contributed by atoms with Crippen LogP contribution in [0.4, 0.5) is 0 Å². The maximum atomic E-state index is 4.21. The highest BCUT2D eigenvalue weighted by Gasteiger charge is 2.12. The van der Waals surface area contributed by atoms with Gasteiger partial charge in [-0.15, -0.1) is 0 Å². The van der Waals surface area contributed by atoms with Crippen LogP contribution in [0, 0.1) is 5.92 Å². The third kappa shape index (κ3) is 4.90. The molecule has 3 heteroatoms. The Morgan fingerprint density at radius 3 is 2.71 bits per heavy atom. The number of nitrogens with one attached hydrogen (secondary N) is 1. The van der Waals surface area contributed by atoms with E-state index in [-0.39, 0.29) is 0 Å². The molecule has 0 amide bonds. The molecule has 0 aliphatic carbocycles. The van der Waals surface area contributed by atoms with Crippen molar-refractivity contribution in [2.75, 3.05) is 6.54 Å². The van der Waals surface area contributed by atoms with E-state index in [1.165, 1.54) is 25.0 Å². The molecule has 17 heavy (non-hydrogen) atoms. The molecular weight excluding hydrogens is 210 g/mol. The summed E-state index contributed by atoms with van der Waals surface area (Å²) in [6.07, 6.45) is 6.75. The van der Waals surface area contributed by atoms with Gasteiger partial charge in [-0.25, -0.2) is 0 Å². The van der Waals surface area contributed by atoms with E-state index >= 15 is 0 Å². The Morgan fingerprint density at radius 2 is 2.18 bits per heavy atom. The van der Waals surface area contributed by atoms with Gasteiger partial charge in [-0.3, -0.25) is 4.68 Å². The summed E-state index contributed by atoms with van der Waals surface area (Å²) in [6, 6.07) is 2.76. The van der Waals surface area contributed by atoms with Gasteiger partial charge in [0, 0.05) is 25.0 Å². The molecule has 98 valence electrons. The Balaban J connectivity index is 2.41. The lowest BCUT2D eigenvalue weighted by Crippen LogP contribution is -2.31. The van der Waals surface area contributed by atoms with Gasteiger partial charge in [0.05, 0.1) is 0 Å². The second-order valence-corrected chi connectivity index (χ2v) is 4.99. The summed E-state index contributed by atoms with van der Waals surface area (Å²) >= 11 is 0. The van der Waals surface area contributed by atoms with Crippen molar-refractivity contribution in [2.45, 2.75) is 52.5 Å². The number of hydrogen-bond acceptors (Lipinski definition) is 2. The number of nitrogens with zero attached hydrogens (tertiary/aromatic N) is 2. The quantitative estimate of drug-likeness (QED) is 0.753. The van der Waals surface area contributed by atoms with E-state index in [1.807, 2.05) is 17.9 Å². The van der Waals surface area contributed by atoms with Crippen molar-refractivity contribution in [2.24, 2.45) is 13.0 Å². The second kappa shape index (κ2) is 7.49. The molecule has 0 aliphatic rings. The molecular formula is C14H27N3. The van der Waals surface area contributed by atoms with Gasteiger partial charge in [0.2, 0.25) is 0 Å². The zero-order valence-corrected chi connectivity index (χ0v) is 11.7. The molecule has 2 unspecified atom stereocenters. The van der Waals surface area contributed by atoms with Crippen molar-refractivity contribution in [3.63, 3.8) is 0 Å². The fourth-order valence-corrected chi connectivity index (χ4v) is 2.21. The van der Waals surface area contributed by atoms with E-state index in [2.05, 4.69) is 37.3 Å². The molecule has 1 aromatic rings. The molecule has 3 nitrogen and oxygen atoms in total. The molecule has 0 aliphatic heterocycles. The Hall–Kier alpha value is -0.830. The molecule has 1 N–H and O–H groups in total. The maximum Gasteiger partial charge on any atom is 0.0492 e. The Labute approximate surface area is 106 Å². The summed E-state index contributed by atoms with van der Waals surface area (Å²) in [5.41, 5.74) is 1.33. The van der Waals surface area contributed by atoms with E-state index in [9.17, 15) is 0 Å². The van der Waals surface area contributed by atoms with Crippen LogP contribution >= 0.6 is 0 Å². The van der Waals surface area contributed by atoms with Gasteiger partial charge < -0.3 is 5.32 Å². The lowest BCUT2D eigenvalue weighted by atomic mass is 9.96. The molecule has 1 aromatic heterocycles. The summed E-state index contributed by atoms with van der Waals surface area (Å²) in [6.45, 7) is 7.86. The maximum absolute atomic E-state index is 4.21. The highest BCUT2D eigenvalue weighted by atomic mass is 15.2. The smallest absolute Gasteiger partial charge is 0.0492 e. The van der Waals surface area contributed by atoms with Crippen molar-refractivity contribution < 1.29 is 0 Å². The van der Waals surface area contributed by atoms with E-state index in [0.717, 1.165) is 18.9 Å². The molecule has 2 atom stereocenters. The van der Waals surface area contributed by atoms with Crippen LogP contribution in [0.1, 0.15) is 45.7 Å². The summed E-state index contributed by atoms with van der Waals surface area (Å²) in [5.74, 6) is 0.811. The summed E-state index contributed by atoms with van der Waals surface area (Å²) in [4.78, 5) is 0. The topological polar surface area (TPSA) is 29.9 Å². The van der Waals surface area contributed by atoms with E-state index in [0.29, 0.717) is 6.04 Å². The Bertz CT molecular complexity index is 306. The lowest BCUT2D eigenvalue weighted by Gasteiger charge is -2.21. The third-order valence-electron chi connectivity index (χ3n) is 3.55. The predicted molar refractivity (Wildman–Crippen MR) is 73.1 cm³/mol. The van der Waals surface area contributed by atoms with Crippen LogP contribution in [0.3, 0.4) is 0 Å². The Morgan fingerprint density at radius 1 is 1.41 bits per heavy atom. The highest BCUT2D eigenvalue weighted by molar-refractivity contribution is 5.00. The Kier molecular flexibility index (Phi) is 6.27. The molecule has 0 fully saturated rings. The first-order valence-corrected chi connectivity index (χ1v) is 6.87.